The molecule has 1 atom stereocenters. The molecule has 2 aromatic rings. The van der Waals surface area contributed by atoms with Crippen LogP contribution < -0.4 is 10.6 Å². The van der Waals surface area contributed by atoms with Crippen LogP contribution in [0.15, 0.2) is 29.4 Å². The molecule has 0 saturated heterocycles. The van der Waals surface area contributed by atoms with E-state index in [9.17, 15) is 8.78 Å². The van der Waals surface area contributed by atoms with Gasteiger partial charge >= 0.3 is 0 Å². The number of halogens is 3. The Hall–Kier alpha value is -1.33. The number of benzene rings is 1. The second-order valence-corrected chi connectivity index (χ2v) is 7.37. The van der Waals surface area contributed by atoms with Crippen molar-refractivity contribution in [2.24, 2.45) is 4.99 Å². The lowest BCUT2D eigenvalue weighted by Gasteiger charge is -2.26. The molecule has 0 fully saturated rings. The first-order valence-corrected chi connectivity index (χ1v) is 9.27. The third kappa shape index (κ3) is 6.96. The Labute approximate surface area is 180 Å². The summed E-state index contributed by atoms with van der Waals surface area (Å²) >= 11 is 1.60. The largest absolute Gasteiger partial charge is 0.357 e. The van der Waals surface area contributed by atoms with Crippen molar-refractivity contribution in [2.75, 3.05) is 27.2 Å². The summed E-state index contributed by atoms with van der Waals surface area (Å²) < 4.78 is 28.3. The highest BCUT2D eigenvalue weighted by Crippen LogP contribution is 2.23. The number of likely N-dealkylation sites (N-methyl/N-ethyl adjacent to an activating group) is 1. The van der Waals surface area contributed by atoms with E-state index >= 15 is 0 Å². The maximum Gasteiger partial charge on any atom is 0.191 e. The molecule has 1 heterocycles. The van der Waals surface area contributed by atoms with E-state index in [0.29, 0.717) is 25.6 Å². The van der Waals surface area contributed by atoms with Crippen LogP contribution >= 0.6 is 35.3 Å². The van der Waals surface area contributed by atoms with Gasteiger partial charge in [-0.3, -0.25) is 0 Å². The second kappa shape index (κ2) is 11.5. The number of aryl methyl sites for hydroxylation is 1. The lowest BCUT2D eigenvalue weighted by atomic mass is 10.0. The van der Waals surface area contributed by atoms with E-state index < -0.39 is 17.7 Å². The molecule has 0 radical (unpaired) electrons. The average Bonchev–Trinajstić information content (AvgIpc) is 3.00. The van der Waals surface area contributed by atoms with E-state index in [4.69, 9.17) is 0 Å². The van der Waals surface area contributed by atoms with Gasteiger partial charge in [0.05, 0.1) is 12.6 Å². The summed E-state index contributed by atoms with van der Waals surface area (Å²) in [5.74, 6) is -0.514. The number of hydrogen-bond donors (Lipinski definition) is 2. The summed E-state index contributed by atoms with van der Waals surface area (Å²) in [6.45, 7) is 5.41. The van der Waals surface area contributed by atoms with Crippen molar-refractivity contribution in [1.82, 2.24) is 20.5 Å². The number of thiazole rings is 1. The minimum Gasteiger partial charge on any atom is -0.357 e. The number of rotatable bonds is 7. The predicted octanol–water partition coefficient (Wildman–Crippen LogP) is 3.71. The summed E-state index contributed by atoms with van der Waals surface area (Å²) in [6, 6.07) is 3.45. The normalized spacial score (nSPS) is 12.6. The molecular formula is C18H26F2IN5S. The van der Waals surface area contributed by atoms with E-state index in [1.807, 2.05) is 20.0 Å². The van der Waals surface area contributed by atoms with Crippen LogP contribution in [-0.4, -0.2) is 43.0 Å². The zero-order chi connectivity index (χ0) is 19.1. The van der Waals surface area contributed by atoms with Crippen LogP contribution in [0, 0.1) is 18.6 Å². The lowest BCUT2D eigenvalue weighted by Crippen LogP contribution is -2.42. The summed E-state index contributed by atoms with van der Waals surface area (Å²) in [7, 11) is 3.58. The van der Waals surface area contributed by atoms with Crippen molar-refractivity contribution in [2.45, 2.75) is 26.4 Å². The van der Waals surface area contributed by atoms with Gasteiger partial charge in [-0.15, -0.1) is 35.3 Å². The fraction of sp³-hybridized carbons (Fsp3) is 0.444. The van der Waals surface area contributed by atoms with Crippen LogP contribution in [0.4, 0.5) is 8.78 Å². The van der Waals surface area contributed by atoms with E-state index in [-0.39, 0.29) is 29.5 Å². The maximum absolute atomic E-state index is 14.2. The molecule has 0 saturated carbocycles. The highest BCUT2D eigenvalue weighted by molar-refractivity contribution is 14.0. The third-order valence-electron chi connectivity index (χ3n) is 3.80. The van der Waals surface area contributed by atoms with Crippen molar-refractivity contribution in [3.8, 4) is 0 Å². The highest BCUT2D eigenvalue weighted by atomic mass is 127. The van der Waals surface area contributed by atoms with Crippen molar-refractivity contribution in [1.29, 1.82) is 0 Å². The zero-order valence-electron chi connectivity index (χ0n) is 15.9. The van der Waals surface area contributed by atoms with Crippen molar-refractivity contribution >= 4 is 41.3 Å². The summed E-state index contributed by atoms with van der Waals surface area (Å²) in [6.07, 6.45) is 1.82. The maximum atomic E-state index is 14.2. The Balaban J connectivity index is 0.00000364. The lowest BCUT2D eigenvalue weighted by molar-refractivity contribution is 0.282. The van der Waals surface area contributed by atoms with Gasteiger partial charge in [-0.25, -0.2) is 18.8 Å². The summed E-state index contributed by atoms with van der Waals surface area (Å²) in [5, 5.41) is 7.24. The minimum absolute atomic E-state index is 0. The van der Waals surface area contributed by atoms with Crippen LogP contribution in [0.1, 0.15) is 28.4 Å². The van der Waals surface area contributed by atoms with Gasteiger partial charge < -0.3 is 15.5 Å². The summed E-state index contributed by atoms with van der Waals surface area (Å²) in [5.41, 5.74) is 0.0522. The van der Waals surface area contributed by atoms with Gasteiger partial charge in [-0.2, -0.15) is 0 Å². The molecule has 0 spiro atoms. The number of aromatic nitrogens is 1. The van der Waals surface area contributed by atoms with Crippen molar-refractivity contribution in [3.63, 3.8) is 0 Å². The molecular weight excluding hydrogens is 483 g/mol. The number of hydrogen-bond acceptors (Lipinski definition) is 4. The van der Waals surface area contributed by atoms with Crippen LogP contribution in [0.3, 0.4) is 0 Å². The standard InChI is InChI=1S/C18H25F2N5S.HI/c1-5-21-18(24-11-16-22-9-12(2)26-16)23-10-15(25(3)4)17-13(19)7-6-8-14(17)20;/h6-9,15H,5,10-11H2,1-4H3,(H2,21,23,24);1H. The Kier molecular flexibility index (Phi) is 10.1. The van der Waals surface area contributed by atoms with Gasteiger partial charge in [0.1, 0.15) is 16.6 Å². The molecule has 0 aliphatic carbocycles. The Morgan fingerprint density at radius 2 is 1.93 bits per heavy atom. The minimum atomic E-state index is -0.550. The number of nitrogens with one attached hydrogen (secondary N) is 2. The molecule has 9 heteroatoms. The molecule has 2 rings (SSSR count). The topological polar surface area (TPSA) is 52.6 Å². The predicted molar refractivity (Wildman–Crippen MR) is 118 cm³/mol. The Bertz CT molecular complexity index is 731. The molecule has 5 nitrogen and oxygen atoms in total. The first-order valence-electron chi connectivity index (χ1n) is 8.46. The van der Waals surface area contributed by atoms with Gasteiger partial charge in [0, 0.05) is 29.7 Å². The van der Waals surface area contributed by atoms with Gasteiger partial charge in [0.2, 0.25) is 0 Å². The second-order valence-electron chi connectivity index (χ2n) is 6.06. The van der Waals surface area contributed by atoms with Gasteiger partial charge in [0.25, 0.3) is 0 Å². The third-order valence-corrected chi connectivity index (χ3v) is 4.70. The molecule has 0 aliphatic rings. The Morgan fingerprint density at radius 1 is 1.26 bits per heavy atom. The SMILES string of the molecule is CCNC(=NCc1ncc(C)s1)NCC(c1c(F)cccc1F)N(C)C.I. The first-order chi connectivity index (χ1) is 12.4. The van der Waals surface area contributed by atoms with Gasteiger partial charge in [-0.1, -0.05) is 6.07 Å². The quantitative estimate of drug-likeness (QED) is 0.340. The van der Waals surface area contributed by atoms with E-state index in [2.05, 4.69) is 20.6 Å². The molecule has 1 aromatic carbocycles. The monoisotopic (exact) mass is 509 g/mol. The van der Waals surface area contributed by atoms with Gasteiger partial charge in [-0.05, 0) is 40.1 Å². The van der Waals surface area contributed by atoms with Crippen LogP contribution in [0.2, 0.25) is 0 Å². The Morgan fingerprint density at radius 3 is 2.44 bits per heavy atom. The molecule has 27 heavy (non-hydrogen) atoms. The first kappa shape index (κ1) is 23.7. The fourth-order valence-corrected chi connectivity index (χ4v) is 3.24. The van der Waals surface area contributed by atoms with Crippen molar-refractivity contribution < 1.29 is 8.78 Å². The summed E-state index contributed by atoms with van der Waals surface area (Å²) in [4.78, 5) is 11.7. The molecule has 0 aliphatic heterocycles. The number of nitrogens with zero attached hydrogens (tertiary/aromatic N) is 3. The molecule has 0 bridgehead atoms. The molecule has 150 valence electrons. The zero-order valence-corrected chi connectivity index (χ0v) is 19.1. The molecule has 2 N–H and O–H groups in total. The van der Waals surface area contributed by atoms with E-state index in [1.165, 1.54) is 18.2 Å². The van der Waals surface area contributed by atoms with Crippen molar-refractivity contribution in [3.05, 3.63) is 51.5 Å². The van der Waals surface area contributed by atoms with E-state index in [0.717, 1.165) is 9.88 Å². The van der Waals surface area contributed by atoms with Crippen LogP contribution in [0.5, 0.6) is 0 Å². The molecule has 1 unspecified atom stereocenters. The van der Waals surface area contributed by atoms with Crippen LogP contribution in [0.25, 0.3) is 0 Å². The van der Waals surface area contributed by atoms with Gasteiger partial charge in [0.15, 0.2) is 5.96 Å². The van der Waals surface area contributed by atoms with Crippen LogP contribution in [-0.2, 0) is 6.54 Å². The molecule has 1 aromatic heterocycles. The molecule has 0 amide bonds. The average molecular weight is 509 g/mol. The van der Waals surface area contributed by atoms with E-state index in [1.54, 1.807) is 30.3 Å². The number of aliphatic imine (C=N–C) groups is 1. The fourth-order valence-electron chi connectivity index (χ4n) is 2.53. The number of guanidine groups is 1. The highest BCUT2D eigenvalue weighted by Gasteiger charge is 2.22. The smallest absolute Gasteiger partial charge is 0.191 e.